The molecule has 0 radical (unpaired) electrons. The van der Waals surface area contributed by atoms with Crippen LogP contribution < -0.4 is 10.2 Å². The van der Waals surface area contributed by atoms with Crippen LogP contribution >= 0.6 is 11.3 Å². The second-order valence-electron chi connectivity index (χ2n) is 7.93. The van der Waals surface area contributed by atoms with Crippen LogP contribution in [0.25, 0.3) is 10.2 Å². The number of benzene rings is 1. The van der Waals surface area contributed by atoms with Crippen molar-refractivity contribution in [2.45, 2.75) is 37.6 Å². The molecule has 26 heavy (non-hydrogen) atoms. The Labute approximate surface area is 157 Å². The van der Waals surface area contributed by atoms with E-state index in [-0.39, 0.29) is 5.41 Å². The normalized spacial score (nSPS) is 24.8. The van der Waals surface area contributed by atoms with Gasteiger partial charge in [0.1, 0.15) is 5.01 Å². The fourth-order valence-electron chi connectivity index (χ4n) is 4.39. The average Bonchev–Trinajstić information content (AvgIpc) is 3.21. The molecule has 4 heterocycles. The molecule has 3 aromatic rings. The zero-order valence-corrected chi connectivity index (χ0v) is 16.0. The molecule has 1 saturated heterocycles. The van der Waals surface area contributed by atoms with Gasteiger partial charge >= 0.3 is 0 Å². The van der Waals surface area contributed by atoms with E-state index >= 15 is 0 Å². The topological polar surface area (TPSA) is 53.9 Å². The van der Waals surface area contributed by atoms with Crippen LogP contribution in [0.3, 0.4) is 0 Å². The van der Waals surface area contributed by atoms with Crippen LogP contribution in [0, 0.1) is 0 Å². The first-order chi connectivity index (χ1) is 12.6. The van der Waals surface area contributed by atoms with Crippen molar-refractivity contribution in [1.29, 1.82) is 0 Å². The summed E-state index contributed by atoms with van der Waals surface area (Å²) in [5, 5.41) is 4.81. The number of fused-ring (bicyclic) bond motifs is 2. The number of hydrogen-bond donors (Lipinski definition) is 1. The number of nitrogens with one attached hydrogen (secondary N) is 1. The Balaban J connectivity index is 1.55. The highest BCUT2D eigenvalue weighted by atomic mass is 32.1. The lowest BCUT2D eigenvalue weighted by Crippen LogP contribution is -2.49. The van der Waals surface area contributed by atoms with E-state index in [0.717, 1.165) is 43.1 Å². The van der Waals surface area contributed by atoms with Crippen LogP contribution in [-0.4, -0.2) is 40.6 Å². The Bertz CT molecular complexity index is 917. The molecule has 0 spiro atoms. The predicted molar refractivity (Wildman–Crippen MR) is 106 cm³/mol. The summed E-state index contributed by atoms with van der Waals surface area (Å²) >= 11 is 1.83. The number of aromatic nitrogens is 3. The van der Waals surface area contributed by atoms with Gasteiger partial charge in [0.15, 0.2) is 5.82 Å². The van der Waals surface area contributed by atoms with Gasteiger partial charge in [0.05, 0.1) is 15.9 Å². The van der Waals surface area contributed by atoms with Crippen molar-refractivity contribution in [3.8, 4) is 0 Å². The molecule has 0 aliphatic carbocycles. The molecular formula is C20H23N5S. The van der Waals surface area contributed by atoms with Crippen LogP contribution in [0.2, 0.25) is 0 Å². The Morgan fingerprint density at radius 2 is 2.04 bits per heavy atom. The van der Waals surface area contributed by atoms with Gasteiger partial charge in [-0.1, -0.05) is 26.0 Å². The third kappa shape index (κ3) is 2.51. The first-order valence-electron chi connectivity index (χ1n) is 9.28. The van der Waals surface area contributed by atoms with E-state index in [4.69, 9.17) is 9.97 Å². The number of thiazole rings is 1. The second-order valence-corrected chi connectivity index (χ2v) is 8.99. The van der Waals surface area contributed by atoms with Crippen LogP contribution in [0.4, 0.5) is 5.82 Å². The summed E-state index contributed by atoms with van der Waals surface area (Å²) in [5.74, 6) is 1.44. The fourth-order valence-corrected chi connectivity index (χ4v) is 5.51. The molecular weight excluding hydrogens is 342 g/mol. The molecule has 1 N–H and O–H groups in total. The van der Waals surface area contributed by atoms with Crippen molar-refractivity contribution in [3.05, 3.63) is 47.4 Å². The predicted octanol–water partition coefficient (Wildman–Crippen LogP) is 3.33. The minimum Gasteiger partial charge on any atom is -0.350 e. The number of rotatable bonds is 2. The lowest BCUT2D eigenvalue weighted by molar-refractivity contribution is 0.370. The third-order valence-corrected chi connectivity index (χ3v) is 6.80. The number of piperidine rings is 1. The molecule has 0 bridgehead atoms. The number of hydrogen-bond acceptors (Lipinski definition) is 6. The molecule has 5 nitrogen and oxygen atoms in total. The monoisotopic (exact) mass is 365 g/mol. The quantitative estimate of drug-likeness (QED) is 0.755. The Hall–Kier alpha value is -2.05. The van der Waals surface area contributed by atoms with Crippen molar-refractivity contribution >= 4 is 27.4 Å². The van der Waals surface area contributed by atoms with Crippen LogP contribution in [0.1, 0.15) is 36.9 Å². The van der Waals surface area contributed by atoms with E-state index in [1.54, 1.807) is 0 Å². The van der Waals surface area contributed by atoms with Crippen LogP contribution in [-0.2, 0) is 5.41 Å². The summed E-state index contributed by atoms with van der Waals surface area (Å²) in [7, 11) is 0. The largest absolute Gasteiger partial charge is 0.350 e. The number of nitrogens with zero attached hydrogens (tertiary/aromatic N) is 4. The molecule has 2 atom stereocenters. The minimum atomic E-state index is 0.0343. The zero-order chi connectivity index (χ0) is 17.7. The second kappa shape index (κ2) is 5.99. The molecule has 0 amide bonds. The maximum Gasteiger partial charge on any atom is 0.151 e. The number of para-hydroxylation sites is 1. The summed E-state index contributed by atoms with van der Waals surface area (Å²) in [4.78, 5) is 16.8. The van der Waals surface area contributed by atoms with Gasteiger partial charge in [0.25, 0.3) is 0 Å². The van der Waals surface area contributed by atoms with Crippen LogP contribution in [0.15, 0.2) is 36.7 Å². The van der Waals surface area contributed by atoms with E-state index in [0.29, 0.717) is 12.0 Å². The summed E-state index contributed by atoms with van der Waals surface area (Å²) in [6.45, 7) is 7.52. The maximum atomic E-state index is 4.97. The lowest BCUT2D eigenvalue weighted by atomic mass is 9.90. The van der Waals surface area contributed by atoms with Gasteiger partial charge in [-0.15, -0.1) is 11.3 Å². The summed E-state index contributed by atoms with van der Waals surface area (Å²) in [5.41, 5.74) is 2.27. The molecule has 0 saturated carbocycles. The smallest absolute Gasteiger partial charge is 0.151 e. The van der Waals surface area contributed by atoms with Gasteiger partial charge in [0, 0.05) is 42.9 Å². The van der Waals surface area contributed by atoms with E-state index < -0.39 is 0 Å². The third-order valence-electron chi connectivity index (χ3n) is 5.63. The highest BCUT2D eigenvalue weighted by Crippen LogP contribution is 2.42. The summed E-state index contributed by atoms with van der Waals surface area (Å²) in [6, 6.07) is 8.85. The van der Waals surface area contributed by atoms with Gasteiger partial charge in [-0.05, 0) is 25.1 Å². The van der Waals surface area contributed by atoms with Crippen molar-refractivity contribution in [2.24, 2.45) is 0 Å². The lowest BCUT2D eigenvalue weighted by Gasteiger charge is -2.39. The molecule has 1 aromatic carbocycles. The Morgan fingerprint density at radius 3 is 2.92 bits per heavy atom. The molecule has 2 aliphatic rings. The molecule has 134 valence electrons. The molecule has 2 aliphatic heterocycles. The highest BCUT2D eigenvalue weighted by molar-refractivity contribution is 7.18. The highest BCUT2D eigenvalue weighted by Gasteiger charge is 2.44. The summed E-state index contributed by atoms with van der Waals surface area (Å²) in [6.07, 6.45) is 4.74. The molecule has 6 heteroatoms. The zero-order valence-electron chi connectivity index (χ0n) is 15.1. The number of anilines is 1. The van der Waals surface area contributed by atoms with Crippen molar-refractivity contribution in [3.63, 3.8) is 0 Å². The fraction of sp³-hybridized carbons (Fsp3) is 0.450. The molecule has 1 fully saturated rings. The average molecular weight is 366 g/mol. The molecule has 2 aromatic heterocycles. The first-order valence-corrected chi connectivity index (χ1v) is 10.1. The minimum absolute atomic E-state index is 0.0343. The van der Waals surface area contributed by atoms with Crippen LogP contribution in [0.5, 0.6) is 0 Å². The molecule has 5 rings (SSSR count). The maximum absolute atomic E-state index is 4.97. The Kier molecular flexibility index (Phi) is 3.72. The van der Waals surface area contributed by atoms with Gasteiger partial charge in [-0.3, -0.25) is 4.98 Å². The van der Waals surface area contributed by atoms with Gasteiger partial charge in [-0.25, -0.2) is 9.97 Å². The van der Waals surface area contributed by atoms with Crippen molar-refractivity contribution in [2.75, 3.05) is 24.5 Å². The summed E-state index contributed by atoms with van der Waals surface area (Å²) < 4.78 is 1.27. The van der Waals surface area contributed by atoms with Gasteiger partial charge in [-0.2, -0.15) is 0 Å². The van der Waals surface area contributed by atoms with Gasteiger partial charge < -0.3 is 10.2 Å². The van der Waals surface area contributed by atoms with E-state index in [1.807, 2.05) is 23.7 Å². The van der Waals surface area contributed by atoms with E-state index in [9.17, 15) is 0 Å². The standard InChI is InChI=1S/C20H23N5S/c1-20(2)12-25(18-17(20)22-9-10-23-18)15-7-8-21-11-13(15)19-24-14-5-3-4-6-16(14)26-19/h3-6,9-10,13,15,21H,7-8,11-12H2,1-2H3. The SMILES string of the molecule is CC1(C)CN(C2CCNCC2c2nc3ccccc3s2)c2nccnc21. The van der Waals surface area contributed by atoms with E-state index in [2.05, 4.69) is 53.3 Å². The van der Waals surface area contributed by atoms with Gasteiger partial charge in [0.2, 0.25) is 0 Å². The van der Waals surface area contributed by atoms with Crippen molar-refractivity contribution < 1.29 is 0 Å². The first kappa shape index (κ1) is 16.1. The van der Waals surface area contributed by atoms with Crippen molar-refractivity contribution in [1.82, 2.24) is 20.3 Å². The van der Waals surface area contributed by atoms with E-state index in [1.165, 1.54) is 9.71 Å². The molecule has 2 unspecified atom stereocenters. The Morgan fingerprint density at radius 1 is 1.19 bits per heavy atom.